The van der Waals surface area contributed by atoms with Crippen LogP contribution in [0.3, 0.4) is 0 Å². The molecule has 0 aliphatic carbocycles. The number of likely N-dealkylation sites (tertiary alicyclic amines) is 1. The Balaban J connectivity index is 1.64. The summed E-state index contributed by atoms with van der Waals surface area (Å²) in [6, 6.07) is 10.5. The summed E-state index contributed by atoms with van der Waals surface area (Å²) in [5, 5.41) is 1.03. The number of hydrogen-bond donors (Lipinski definition) is 1. The monoisotopic (exact) mass is 318 g/mol. The van der Waals surface area contributed by atoms with E-state index in [1.807, 2.05) is 13.0 Å². The number of nitrogens with two attached hydrogens (primary N) is 1. The first-order valence-corrected chi connectivity index (χ1v) is 8.66. The van der Waals surface area contributed by atoms with Crippen LogP contribution in [0.4, 0.5) is 0 Å². The quantitative estimate of drug-likeness (QED) is 0.864. The van der Waals surface area contributed by atoms with Gasteiger partial charge in [-0.05, 0) is 25.5 Å². The van der Waals surface area contributed by atoms with E-state index in [2.05, 4.69) is 29.2 Å². The Morgan fingerprint density at radius 2 is 2.18 bits per heavy atom. The molecular weight excluding hydrogens is 296 g/mol. The van der Waals surface area contributed by atoms with Crippen LogP contribution < -0.4 is 5.73 Å². The molecule has 3 rings (SSSR count). The van der Waals surface area contributed by atoms with Crippen molar-refractivity contribution in [3.05, 3.63) is 46.5 Å². The predicted octanol–water partition coefficient (Wildman–Crippen LogP) is 2.36. The molecule has 2 unspecified atom stereocenters. The number of benzene rings is 1. The third kappa shape index (κ3) is 3.15. The highest BCUT2D eigenvalue weighted by Crippen LogP contribution is 2.44. The number of nitrogens with zero attached hydrogens (tertiary/aromatic N) is 1. The lowest BCUT2D eigenvalue weighted by Crippen LogP contribution is -2.41. The molecule has 118 valence electrons. The topological polar surface area (TPSA) is 55.6 Å². The maximum absolute atomic E-state index is 12.1. The summed E-state index contributed by atoms with van der Waals surface area (Å²) in [7, 11) is 0. The second kappa shape index (κ2) is 6.75. The number of esters is 1. The summed E-state index contributed by atoms with van der Waals surface area (Å²) >= 11 is 1.64. The molecule has 1 fully saturated rings. The number of thioether (sulfide) groups is 1. The van der Waals surface area contributed by atoms with Gasteiger partial charge in [-0.3, -0.25) is 4.90 Å². The van der Waals surface area contributed by atoms with Crippen molar-refractivity contribution in [1.29, 1.82) is 0 Å². The largest absolute Gasteiger partial charge is 0.463 e. The normalized spacial score (nSPS) is 25.1. The number of hydrogen-bond acceptors (Lipinski definition) is 5. The standard InChI is InChI=1S/C17H22N2O2S/c1-2-21-17(20)15-13-8-9-19(11-14(13)22-16(15)18)10-12-6-4-3-5-7-12/h3-7,13-14H,2,8-11,18H2,1H3. The Morgan fingerprint density at radius 3 is 2.91 bits per heavy atom. The van der Waals surface area contributed by atoms with E-state index >= 15 is 0 Å². The van der Waals surface area contributed by atoms with Gasteiger partial charge in [0.25, 0.3) is 0 Å². The van der Waals surface area contributed by atoms with E-state index in [9.17, 15) is 4.79 Å². The summed E-state index contributed by atoms with van der Waals surface area (Å²) in [6.45, 7) is 5.15. The van der Waals surface area contributed by atoms with Crippen molar-refractivity contribution in [2.24, 2.45) is 11.7 Å². The van der Waals surface area contributed by atoms with Crippen molar-refractivity contribution < 1.29 is 9.53 Å². The fourth-order valence-electron chi connectivity index (χ4n) is 3.29. The molecule has 4 nitrogen and oxygen atoms in total. The minimum Gasteiger partial charge on any atom is -0.463 e. The average molecular weight is 318 g/mol. The molecule has 0 aromatic heterocycles. The molecule has 0 radical (unpaired) electrons. The number of carbonyl (C=O) groups is 1. The van der Waals surface area contributed by atoms with Gasteiger partial charge in [0, 0.05) is 24.3 Å². The van der Waals surface area contributed by atoms with Crippen molar-refractivity contribution in [1.82, 2.24) is 4.90 Å². The third-order valence-corrected chi connectivity index (χ3v) is 5.56. The molecule has 0 spiro atoms. The summed E-state index contributed by atoms with van der Waals surface area (Å²) in [4.78, 5) is 14.5. The van der Waals surface area contributed by atoms with Gasteiger partial charge in [0.15, 0.2) is 0 Å². The van der Waals surface area contributed by atoms with Crippen LogP contribution in [0, 0.1) is 5.92 Å². The van der Waals surface area contributed by atoms with Gasteiger partial charge in [-0.1, -0.05) is 30.3 Å². The van der Waals surface area contributed by atoms with Crippen LogP contribution in [0.15, 0.2) is 40.9 Å². The summed E-state index contributed by atoms with van der Waals surface area (Å²) in [5.41, 5.74) is 8.14. The molecular formula is C17H22N2O2S. The number of carbonyl (C=O) groups excluding carboxylic acids is 1. The van der Waals surface area contributed by atoms with Gasteiger partial charge in [0.05, 0.1) is 17.2 Å². The molecule has 0 bridgehead atoms. The van der Waals surface area contributed by atoms with E-state index in [1.54, 1.807) is 11.8 Å². The van der Waals surface area contributed by atoms with E-state index in [1.165, 1.54) is 5.56 Å². The van der Waals surface area contributed by atoms with Gasteiger partial charge in [-0.2, -0.15) is 0 Å². The van der Waals surface area contributed by atoms with Crippen LogP contribution in [0.5, 0.6) is 0 Å². The van der Waals surface area contributed by atoms with Gasteiger partial charge in [-0.15, -0.1) is 11.8 Å². The molecule has 0 saturated carbocycles. The molecule has 1 aromatic rings. The first-order valence-electron chi connectivity index (χ1n) is 7.78. The average Bonchev–Trinajstić information content (AvgIpc) is 2.83. The van der Waals surface area contributed by atoms with Crippen LogP contribution in [0.25, 0.3) is 0 Å². The summed E-state index contributed by atoms with van der Waals surface area (Å²) in [5.74, 6) is 0.0209. The van der Waals surface area contributed by atoms with Crippen LogP contribution in [-0.4, -0.2) is 35.8 Å². The fourth-order valence-corrected chi connectivity index (χ4v) is 4.70. The number of fused-ring (bicyclic) bond motifs is 1. The summed E-state index contributed by atoms with van der Waals surface area (Å²) < 4.78 is 5.16. The van der Waals surface area contributed by atoms with Gasteiger partial charge < -0.3 is 10.5 Å². The van der Waals surface area contributed by atoms with Crippen molar-refractivity contribution in [2.75, 3.05) is 19.7 Å². The predicted molar refractivity (Wildman–Crippen MR) is 89.1 cm³/mol. The molecule has 2 aliphatic heterocycles. The first-order chi connectivity index (χ1) is 10.7. The van der Waals surface area contributed by atoms with Crippen LogP contribution >= 0.6 is 11.8 Å². The Labute approximate surface area is 135 Å². The maximum atomic E-state index is 12.1. The van der Waals surface area contributed by atoms with Crippen molar-refractivity contribution >= 4 is 17.7 Å². The third-order valence-electron chi connectivity index (χ3n) is 4.30. The second-order valence-electron chi connectivity index (χ2n) is 5.77. The lowest BCUT2D eigenvalue weighted by atomic mass is 9.89. The minimum atomic E-state index is -0.225. The zero-order valence-electron chi connectivity index (χ0n) is 12.8. The zero-order valence-corrected chi connectivity index (χ0v) is 13.6. The van der Waals surface area contributed by atoms with Gasteiger partial charge in [0.2, 0.25) is 0 Å². The van der Waals surface area contributed by atoms with Crippen LogP contribution in [-0.2, 0) is 16.1 Å². The van der Waals surface area contributed by atoms with Gasteiger partial charge >= 0.3 is 5.97 Å². The molecule has 2 heterocycles. The Hall–Kier alpha value is -1.46. The van der Waals surface area contributed by atoms with E-state index < -0.39 is 0 Å². The first kappa shape index (κ1) is 15.4. The van der Waals surface area contributed by atoms with E-state index in [0.717, 1.165) is 31.6 Å². The highest BCUT2D eigenvalue weighted by atomic mass is 32.2. The molecule has 2 aliphatic rings. The van der Waals surface area contributed by atoms with E-state index in [0.29, 0.717) is 16.9 Å². The molecule has 2 N–H and O–H groups in total. The molecule has 1 saturated heterocycles. The molecule has 5 heteroatoms. The van der Waals surface area contributed by atoms with Crippen molar-refractivity contribution in [3.8, 4) is 0 Å². The Morgan fingerprint density at radius 1 is 1.41 bits per heavy atom. The number of rotatable bonds is 4. The van der Waals surface area contributed by atoms with E-state index in [4.69, 9.17) is 10.5 Å². The number of ether oxygens (including phenoxy) is 1. The second-order valence-corrected chi connectivity index (χ2v) is 7.05. The zero-order chi connectivity index (χ0) is 15.5. The Kier molecular flexibility index (Phi) is 4.74. The molecule has 1 aromatic carbocycles. The number of piperidine rings is 1. The van der Waals surface area contributed by atoms with Gasteiger partial charge in [-0.25, -0.2) is 4.79 Å². The lowest BCUT2D eigenvalue weighted by molar-refractivity contribution is -0.139. The lowest BCUT2D eigenvalue weighted by Gasteiger charge is -2.35. The summed E-state index contributed by atoms with van der Waals surface area (Å²) in [6.07, 6.45) is 0.972. The van der Waals surface area contributed by atoms with E-state index in [-0.39, 0.29) is 11.9 Å². The minimum absolute atomic E-state index is 0.225. The Bertz CT molecular complexity index is 573. The molecule has 2 atom stereocenters. The highest BCUT2D eigenvalue weighted by molar-refractivity contribution is 8.04. The van der Waals surface area contributed by atoms with Crippen molar-refractivity contribution in [3.63, 3.8) is 0 Å². The maximum Gasteiger partial charge on any atom is 0.336 e. The highest BCUT2D eigenvalue weighted by Gasteiger charge is 2.42. The van der Waals surface area contributed by atoms with Crippen LogP contribution in [0.2, 0.25) is 0 Å². The van der Waals surface area contributed by atoms with Crippen LogP contribution in [0.1, 0.15) is 18.9 Å². The molecule has 22 heavy (non-hydrogen) atoms. The molecule has 0 amide bonds. The SMILES string of the molecule is CCOC(=O)C1=C(N)SC2CN(Cc3ccccc3)CCC12. The van der Waals surface area contributed by atoms with Gasteiger partial charge in [0.1, 0.15) is 0 Å². The van der Waals surface area contributed by atoms with Crippen molar-refractivity contribution in [2.45, 2.75) is 25.1 Å². The fraction of sp³-hybridized carbons (Fsp3) is 0.471. The smallest absolute Gasteiger partial charge is 0.336 e.